The summed E-state index contributed by atoms with van der Waals surface area (Å²) in [4.78, 5) is 11.4. The van der Waals surface area contributed by atoms with Crippen LogP contribution in [0.25, 0.3) is 35.7 Å². The third-order valence-corrected chi connectivity index (χ3v) is 7.26. The zero-order chi connectivity index (χ0) is 29.7. The summed E-state index contributed by atoms with van der Waals surface area (Å²) in [6, 6.07) is 20.8. The van der Waals surface area contributed by atoms with E-state index in [1.165, 1.54) is 5.56 Å². The van der Waals surface area contributed by atoms with Crippen LogP contribution in [0.1, 0.15) is 67.3 Å². The van der Waals surface area contributed by atoms with Gasteiger partial charge in [0.15, 0.2) is 0 Å². The average Bonchev–Trinajstić information content (AvgIpc) is 3.03. The largest absolute Gasteiger partial charge is 0.496 e. The maximum atomic E-state index is 5.85. The van der Waals surface area contributed by atoms with Gasteiger partial charge in [-0.25, -0.2) is 0 Å². The number of aryl methyl sites for hydroxylation is 1. The van der Waals surface area contributed by atoms with Crippen molar-refractivity contribution in [3.8, 4) is 22.9 Å². The average molecular weight is 562 g/mol. The maximum Gasteiger partial charge on any atom is 0.143 e. The van der Waals surface area contributed by atoms with Gasteiger partial charge in [0.25, 0.3) is 0 Å². The molecule has 0 aliphatic heterocycles. The van der Waals surface area contributed by atoms with E-state index in [9.17, 15) is 0 Å². The Hall–Kier alpha value is -4.38. The summed E-state index contributed by atoms with van der Waals surface area (Å²) in [5.41, 5.74) is 8.34. The standard InChI is InChI=1S/C37H43N3O2/c1-6-8-22-40(23-9-7-2)35-27-36(41-4)32(26-37(35)42-5)17-16-30-12-10-29(11-13-30)14-15-31-19-21-39-34(25-31)33-24-28(3)18-20-38-33/h10-21,24-27H,6-9,22-23H2,1-5H3/b15-14+,17-16+. The highest BCUT2D eigenvalue weighted by Crippen LogP contribution is 2.37. The van der Waals surface area contributed by atoms with E-state index in [4.69, 9.17) is 9.47 Å². The molecule has 0 aliphatic rings. The fourth-order valence-corrected chi connectivity index (χ4v) is 4.80. The predicted molar refractivity (Wildman–Crippen MR) is 178 cm³/mol. The van der Waals surface area contributed by atoms with Crippen LogP contribution in [0.5, 0.6) is 11.5 Å². The van der Waals surface area contributed by atoms with Crippen molar-refractivity contribution < 1.29 is 9.47 Å². The second-order valence-corrected chi connectivity index (χ2v) is 10.5. The van der Waals surface area contributed by atoms with E-state index in [2.05, 4.69) is 108 Å². The summed E-state index contributed by atoms with van der Waals surface area (Å²) in [5.74, 6) is 1.72. The van der Waals surface area contributed by atoms with Gasteiger partial charge in [0.1, 0.15) is 11.5 Å². The number of ether oxygens (including phenoxy) is 2. The van der Waals surface area contributed by atoms with Crippen LogP contribution in [0.15, 0.2) is 73.1 Å². The molecule has 0 fully saturated rings. The van der Waals surface area contributed by atoms with Crippen molar-refractivity contribution in [1.29, 1.82) is 0 Å². The molecule has 0 unspecified atom stereocenters. The Morgan fingerprint density at radius 3 is 1.81 bits per heavy atom. The van der Waals surface area contributed by atoms with Crippen LogP contribution in [0, 0.1) is 6.92 Å². The molecule has 0 spiro atoms. The summed E-state index contributed by atoms with van der Waals surface area (Å²) < 4.78 is 11.7. The van der Waals surface area contributed by atoms with E-state index >= 15 is 0 Å². The molecule has 2 aromatic heterocycles. The highest BCUT2D eigenvalue weighted by atomic mass is 16.5. The van der Waals surface area contributed by atoms with Crippen molar-refractivity contribution in [2.45, 2.75) is 46.5 Å². The van der Waals surface area contributed by atoms with Gasteiger partial charge < -0.3 is 14.4 Å². The summed E-state index contributed by atoms with van der Waals surface area (Å²) in [6.07, 6.45) is 16.7. The summed E-state index contributed by atoms with van der Waals surface area (Å²) in [5, 5.41) is 0. The lowest BCUT2D eigenvalue weighted by atomic mass is 10.1. The second-order valence-electron chi connectivity index (χ2n) is 10.5. The molecular weight excluding hydrogens is 518 g/mol. The van der Waals surface area contributed by atoms with Gasteiger partial charge >= 0.3 is 0 Å². The fraction of sp³-hybridized carbons (Fsp3) is 0.297. The first-order chi connectivity index (χ1) is 20.5. The molecule has 0 N–H and O–H groups in total. The zero-order valence-electron chi connectivity index (χ0n) is 25.6. The molecule has 0 bridgehead atoms. The first-order valence-electron chi connectivity index (χ1n) is 14.9. The van der Waals surface area contributed by atoms with E-state index in [1.54, 1.807) is 14.2 Å². The normalized spacial score (nSPS) is 11.4. The minimum Gasteiger partial charge on any atom is -0.496 e. The number of nitrogens with zero attached hydrogens (tertiary/aromatic N) is 3. The fourth-order valence-electron chi connectivity index (χ4n) is 4.80. The van der Waals surface area contributed by atoms with Gasteiger partial charge in [-0.1, -0.05) is 75.3 Å². The van der Waals surface area contributed by atoms with Crippen molar-refractivity contribution in [3.05, 3.63) is 101 Å². The number of anilines is 1. The van der Waals surface area contributed by atoms with Gasteiger partial charge in [0.2, 0.25) is 0 Å². The van der Waals surface area contributed by atoms with E-state index in [0.29, 0.717) is 0 Å². The number of hydrogen-bond acceptors (Lipinski definition) is 5. The predicted octanol–water partition coefficient (Wildman–Crippen LogP) is 9.22. The van der Waals surface area contributed by atoms with E-state index in [0.717, 1.165) is 89.6 Å². The van der Waals surface area contributed by atoms with E-state index < -0.39 is 0 Å². The van der Waals surface area contributed by atoms with Gasteiger partial charge in [-0.2, -0.15) is 0 Å². The van der Waals surface area contributed by atoms with Crippen molar-refractivity contribution in [2.75, 3.05) is 32.2 Å². The van der Waals surface area contributed by atoms with Gasteiger partial charge in [-0.15, -0.1) is 0 Å². The van der Waals surface area contributed by atoms with Crippen molar-refractivity contribution in [1.82, 2.24) is 9.97 Å². The number of methoxy groups -OCH3 is 2. The summed E-state index contributed by atoms with van der Waals surface area (Å²) >= 11 is 0. The third-order valence-electron chi connectivity index (χ3n) is 7.26. The zero-order valence-corrected chi connectivity index (χ0v) is 25.6. The van der Waals surface area contributed by atoms with Crippen LogP contribution < -0.4 is 14.4 Å². The Bertz CT molecular complexity index is 1480. The molecule has 4 rings (SSSR count). The Labute approximate surface area is 251 Å². The lowest BCUT2D eigenvalue weighted by Gasteiger charge is -2.27. The summed E-state index contributed by atoms with van der Waals surface area (Å²) in [6.45, 7) is 8.55. The van der Waals surface area contributed by atoms with Crippen LogP contribution in [-0.2, 0) is 0 Å². The molecule has 5 nitrogen and oxygen atoms in total. The molecule has 0 aliphatic carbocycles. The quantitative estimate of drug-likeness (QED) is 0.144. The molecule has 0 radical (unpaired) electrons. The number of pyridine rings is 2. The number of benzene rings is 2. The Kier molecular flexibility index (Phi) is 11.3. The number of hydrogen-bond donors (Lipinski definition) is 0. The smallest absolute Gasteiger partial charge is 0.143 e. The van der Waals surface area contributed by atoms with Crippen LogP contribution in [0.4, 0.5) is 5.69 Å². The lowest BCUT2D eigenvalue weighted by Crippen LogP contribution is -2.26. The van der Waals surface area contributed by atoms with Crippen LogP contribution in [0.2, 0.25) is 0 Å². The minimum atomic E-state index is 0.845. The van der Waals surface area contributed by atoms with Crippen LogP contribution in [0.3, 0.4) is 0 Å². The Morgan fingerprint density at radius 1 is 0.643 bits per heavy atom. The first kappa shape index (κ1) is 30.6. The molecule has 0 saturated heterocycles. The number of unbranched alkanes of at least 4 members (excludes halogenated alkanes) is 2. The van der Waals surface area contributed by atoms with Crippen molar-refractivity contribution in [3.63, 3.8) is 0 Å². The number of rotatable bonds is 14. The molecule has 0 saturated carbocycles. The van der Waals surface area contributed by atoms with E-state index in [1.807, 2.05) is 24.5 Å². The van der Waals surface area contributed by atoms with Crippen LogP contribution in [-0.4, -0.2) is 37.3 Å². The third kappa shape index (κ3) is 8.32. The minimum absolute atomic E-state index is 0.845. The molecule has 2 aromatic carbocycles. The molecule has 5 heteroatoms. The first-order valence-corrected chi connectivity index (χ1v) is 14.9. The molecule has 218 valence electrons. The van der Waals surface area contributed by atoms with Gasteiger partial charge in [0, 0.05) is 37.1 Å². The molecule has 4 aromatic rings. The molecule has 0 amide bonds. The summed E-state index contributed by atoms with van der Waals surface area (Å²) in [7, 11) is 3.48. The van der Waals surface area contributed by atoms with Gasteiger partial charge in [0.05, 0.1) is 31.3 Å². The van der Waals surface area contributed by atoms with Gasteiger partial charge in [-0.05, 0) is 72.4 Å². The number of aromatic nitrogens is 2. The molecule has 0 atom stereocenters. The van der Waals surface area contributed by atoms with E-state index in [-0.39, 0.29) is 0 Å². The van der Waals surface area contributed by atoms with Crippen LogP contribution >= 0.6 is 0 Å². The molecule has 42 heavy (non-hydrogen) atoms. The van der Waals surface area contributed by atoms with Crippen molar-refractivity contribution >= 4 is 30.0 Å². The van der Waals surface area contributed by atoms with Crippen molar-refractivity contribution in [2.24, 2.45) is 0 Å². The second kappa shape index (κ2) is 15.6. The molecular formula is C37H43N3O2. The van der Waals surface area contributed by atoms with Gasteiger partial charge in [-0.3, -0.25) is 9.97 Å². The Morgan fingerprint density at radius 2 is 1.21 bits per heavy atom. The topological polar surface area (TPSA) is 47.5 Å². The monoisotopic (exact) mass is 561 g/mol. The highest BCUT2D eigenvalue weighted by Gasteiger charge is 2.15. The maximum absolute atomic E-state index is 5.85. The SMILES string of the molecule is CCCCN(CCCC)c1cc(OC)c(/C=C/c2ccc(/C=C/c3ccnc(-c4cc(C)ccn4)c3)cc2)cc1OC. The molecule has 2 heterocycles. The lowest BCUT2D eigenvalue weighted by molar-refractivity contribution is 0.401. The highest BCUT2D eigenvalue weighted by molar-refractivity contribution is 5.78. The Balaban J connectivity index is 1.49.